The summed E-state index contributed by atoms with van der Waals surface area (Å²) in [6.07, 6.45) is 0. The molecule has 0 unspecified atom stereocenters. The minimum Gasteiger partial charge on any atom is -0.484 e. The highest BCUT2D eigenvalue weighted by atomic mass is 35.5. The summed E-state index contributed by atoms with van der Waals surface area (Å²) < 4.78 is 29.9. The minimum absolute atomic E-state index is 0.0620. The van der Waals surface area contributed by atoms with Crippen molar-refractivity contribution in [1.82, 2.24) is 0 Å². The second-order valence-corrected chi connectivity index (χ2v) is 11.3. The van der Waals surface area contributed by atoms with Crippen LogP contribution in [0.4, 0.5) is 5.69 Å². The van der Waals surface area contributed by atoms with E-state index in [-0.39, 0.29) is 29.4 Å². The smallest absolute Gasteiger partial charge is 0.285 e. The lowest BCUT2D eigenvalue weighted by molar-refractivity contribution is -0.119. The Balaban J connectivity index is 1.59. The maximum absolute atomic E-state index is 12.5. The van der Waals surface area contributed by atoms with Gasteiger partial charge in [-0.25, -0.2) is 8.42 Å². The lowest BCUT2D eigenvalue weighted by Crippen LogP contribution is -2.38. The number of hydrogen-bond donors (Lipinski definition) is 0. The Morgan fingerprint density at radius 3 is 2.67 bits per heavy atom. The van der Waals surface area contributed by atoms with E-state index in [9.17, 15) is 13.2 Å². The van der Waals surface area contributed by atoms with Crippen LogP contribution in [0.3, 0.4) is 0 Å². The van der Waals surface area contributed by atoms with Crippen molar-refractivity contribution in [3.05, 3.63) is 58.6 Å². The van der Waals surface area contributed by atoms with Gasteiger partial charge in [-0.2, -0.15) is 4.99 Å². The molecule has 0 bridgehead atoms. The lowest BCUT2D eigenvalue weighted by atomic mass is 10.1. The van der Waals surface area contributed by atoms with E-state index >= 15 is 0 Å². The Morgan fingerprint density at radius 1 is 1.20 bits per heavy atom. The normalized spacial score (nSPS) is 23.6. The average Bonchev–Trinajstić information content (AvgIpc) is 3.14. The van der Waals surface area contributed by atoms with Gasteiger partial charge in [0.1, 0.15) is 5.75 Å². The number of rotatable bonds is 4. The number of thioether (sulfide) groups is 1. The molecule has 2 aromatic rings. The van der Waals surface area contributed by atoms with Crippen LogP contribution >= 0.6 is 23.4 Å². The summed E-state index contributed by atoms with van der Waals surface area (Å²) in [6.45, 7) is 3.75. The largest absolute Gasteiger partial charge is 0.484 e. The second-order valence-electron chi connectivity index (χ2n) is 7.49. The van der Waals surface area contributed by atoms with Crippen LogP contribution in [-0.4, -0.2) is 48.9 Å². The summed E-state index contributed by atoms with van der Waals surface area (Å²) in [5.74, 6) is 0.261. The predicted molar refractivity (Wildman–Crippen MR) is 122 cm³/mol. The van der Waals surface area contributed by atoms with Gasteiger partial charge in [-0.1, -0.05) is 35.5 Å². The Bertz CT molecular complexity index is 1120. The van der Waals surface area contributed by atoms with Gasteiger partial charge < -0.3 is 9.64 Å². The van der Waals surface area contributed by atoms with Gasteiger partial charge in [0.05, 0.1) is 17.5 Å². The standard InChI is InChI=1S/C21H21ClN2O4S2/c1-13-3-4-14(2)17(9-13)24-18-11-30(26,27)12-19(18)29-21(24)23-20(25)10-28-16-7-5-15(22)6-8-16/h3-9,18-19H,10-12H2,1-2H3/t18-,19+/m1/s1. The molecule has 2 aromatic carbocycles. The van der Waals surface area contributed by atoms with Gasteiger partial charge in [-0.05, 0) is 55.3 Å². The van der Waals surface area contributed by atoms with Gasteiger partial charge in [0.15, 0.2) is 21.6 Å². The van der Waals surface area contributed by atoms with Crippen LogP contribution in [0.2, 0.25) is 5.02 Å². The fourth-order valence-corrected chi connectivity index (χ4v) is 7.69. The fourth-order valence-electron chi connectivity index (χ4n) is 3.64. The molecule has 0 spiro atoms. The first kappa shape index (κ1) is 21.2. The molecule has 4 rings (SSSR count). The zero-order valence-corrected chi connectivity index (χ0v) is 18.9. The molecule has 0 aromatic heterocycles. The molecule has 158 valence electrons. The number of halogens is 1. The third-order valence-corrected chi connectivity index (χ3v) is 8.55. The summed E-state index contributed by atoms with van der Waals surface area (Å²) in [4.78, 5) is 18.7. The van der Waals surface area contributed by atoms with Crippen molar-refractivity contribution in [2.45, 2.75) is 25.1 Å². The van der Waals surface area contributed by atoms with Gasteiger partial charge >= 0.3 is 0 Å². The number of benzene rings is 2. The van der Waals surface area contributed by atoms with Gasteiger partial charge in [-0.15, -0.1) is 0 Å². The summed E-state index contributed by atoms with van der Waals surface area (Å²) in [6, 6.07) is 12.5. The van der Waals surface area contributed by atoms with Gasteiger partial charge in [0.2, 0.25) is 0 Å². The van der Waals surface area contributed by atoms with Crippen LogP contribution in [0.5, 0.6) is 5.75 Å². The van der Waals surface area contributed by atoms with Crippen molar-refractivity contribution >= 4 is 50.0 Å². The molecule has 6 nitrogen and oxygen atoms in total. The van der Waals surface area contributed by atoms with Crippen molar-refractivity contribution in [3.63, 3.8) is 0 Å². The van der Waals surface area contributed by atoms with Crippen molar-refractivity contribution in [2.24, 2.45) is 4.99 Å². The van der Waals surface area contributed by atoms with E-state index in [2.05, 4.69) is 4.99 Å². The number of amides is 1. The van der Waals surface area contributed by atoms with Crippen molar-refractivity contribution in [3.8, 4) is 5.75 Å². The average molecular weight is 465 g/mol. The molecular formula is C21H21ClN2O4S2. The van der Waals surface area contributed by atoms with E-state index in [1.165, 1.54) is 11.8 Å². The molecule has 2 saturated heterocycles. The van der Waals surface area contributed by atoms with E-state index < -0.39 is 15.7 Å². The zero-order valence-electron chi connectivity index (χ0n) is 16.5. The maximum atomic E-state index is 12.5. The van der Waals surface area contributed by atoms with Crippen molar-refractivity contribution < 1.29 is 17.9 Å². The molecule has 2 aliphatic heterocycles. The van der Waals surface area contributed by atoms with Crippen LogP contribution < -0.4 is 9.64 Å². The number of ether oxygens (including phenoxy) is 1. The molecule has 0 saturated carbocycles. The molecule has 1 amide bonds. The van der Waals surface area contributed by atoms with E-state index in [1.54, 1.807) is 24.3 Å². The van der Waals surface area contributed by atoms with Crippen LogP contribution in [0.25, 0.3) is 0 Å². The minimum atomic E-state index is -3.11. The number of hydrogen-bond acceptors (Lipinski definition) is 5. The maximum Gasteiger partial charge on any atom is 0.285 e. The highest BCUT2D eigenvalue weighted by Crippen LogP contribution is 2.42. The van der Waals surface area contributed by atoms with Gasteiger partial charge in [-0.3, -0.25) is 4.79 Å². The number of carbonyl (C=O) groups is 1. The van der Waals surface area contributed by atoms with Gasteiger partial charge in [0, 0.05) is 16.0 Å². The Labute approximate surface area is 185 Å². The quantitative estimate of drug-likeness (QED) is 0.687. The summed E-state index contributed by atoms with van der Waals surface area (Å²) >= 11 is 7.21. The first-order valence-corrected chi connectivity index (χ1v) is 12.5. The van der Waals surface area contributed by atoms with Crippen LogP contribution in [0.1, 0.15) is 11.1 Å². The Morgan fingerprint density at radius 2 is 1.93 bits per heavy atom. The highest BCUT2D eigenvalue weighted by molar-refractivity contribution is 8.16. The zero-order chi connectivity index (χ0) is 21.5. The molecular weight excluding hydrogens is 444 g/mol. The molecule has 2 fully saturated rings. The van der Waals surface area contributed by atoms with E-state index in [1.807, 2.05) is 36.9 Å². The SMILES string of the molecule is Cc1ccc(C)c(N2C(=NC(=O)COc3ccc(Cl)cc3)S[C@H]3CS(=O)(=O)C[C@H]32)c1. The third kappa shape index (κ3) is 4.50. The Kier molecular flexibility index (Phi) is 5.83. The number of fused-ring (bicyclic) bond motifs is 1. The number of aryl methyl sites for hydroxylation is 2. The second kappa shape index (κ2) is 8.24. The number of anilines is 1. The molecule has 2 heterocycles. The molecule has 2 aliphatic rings. The summed E-state index contributed by atoms with van der Waals surface area (Å²) in [5, 5.41) is 0.971. The summed E-state index contributed by atoms with van der Waals surface area (Å²) in [7, 11) is -3.11. The van der Waals surface area contributed by atoms with Crippen LogP contribution in [0, 0.1) is 13.8 Å². The first-order valence-electron chi connectivity index (χ1n) is 9.45. The molecule has 0 N–H and O–H groups in total. The van der Waals surface area contributed by atoms with Gasteiger partial charge in [0.25, 0.3) is 5.91 Å². The molecule has 0 aliphatic carbocycles. The van der Waals surface area contributed by atoms with E-state index in [0.29, 0.717) is 15.9 Å². The van der Waals surface area contributed by atoms with Crippen molar-refractivity contribution in [2.75, 3.05) is 23.0 Å². The highest BCUT2D eigenvalue weighted by Gasteiger charge is 2.49. The summed E-state index contributed by atoms with van der Waals surface area (Å²) in [5.41, 5.74) is 2.95. The van der Waals surface area contributed by atoms with E-state index in [4.69, 9.17) is 16.3 Å². The number of nitrogens with zero attached hydrogens (tertiary/aromatic N) is 2. The first-order chi connectivity index (χ1) is 14.2. The van der Waals surface area contributed by atoms with Crippen LogP contribution in [-0.2, 0) is 14.6 Å². The predicted octanol–water partition coefficient (Wildman–Crippen LogP) is 3.64. The number of sulfone groups is 1. The van der Waals surface area contributed by atoms with Crippen LogP contribution in [0.15, 0.2) is 47.5 Å². The number of aliphatic imine (C=N–C) groups is 1. The molecule has 30 heavy (non-hydrogen) atoms. The molecule has 9 heteroatoms. The lowest BCUT2D eigenvalue weighted by Gasteiger charge is -2.26. The third-order valence-electron chi connectivity index (χ3n) is 5.09. The monoisotopic (exact) mass is 464 g/mol. The Hall–Kier alpha value is -2.03. The number of carbonyl (C=O) groups excluding carboxylic acids is 1. The number of amidine groups is 1. The fraction of sp³-hybridized carbons (Fsp3) is 0.333. The van der Waals surface area contributed by atoms with Crippen molar-refractivity contribution in [1.29, 1.82) is 0 Å². The van der Waals surface area contributed by atoms with E-state index in [0.717, 1.165) is 16.8 Å². The molecule has 0 radical (unpaired) electrons. The molecule has 2 atom stereocenters. The topological polar surface area (TPSA) is 76.0 Å².